The van der Waals surface area contributed by atoms with Gasteiger partial charge < -0.3 is 14.7 Å². The number of urea groups is 1. The summed E-state index contributed by atoms with van der Waals surface area (Å²) in [5, 5.41) is 9.75. The van der Waals surface area contributed by atoms with Crippen molar-refractivity contribution in [1.29, 1.82) is 0 Å². The Kier molecular flexibility index (Phi) is 4.20. The predicted molar refractivity (Wildman–Crippen MR) is 85.1 cm³/mol. The minimum absolute atomic E-state index is 0.175. The molecule has 1 aliphatic heterocycles. The van der Waals surface area contributed by atoms with E-state index in [2.05, 4.69) is 15.8 Å². The first-order chi connectivity index (χ1) is 11.0. The first-order valence-corrected chi connectivity index (χ1v) is 7.50. The second kappa shape index (κ2) is 6.29. The minimum Gasteiger partial charge on any atom is -0.354 e. The Morgan fingerprint density at radius 1 is 1.48 bits per heavy atom. The number of benzene rings is 1. The number of rotatable bonds is 2. The minimum atomic E-state index is -0.525. The number of hydrogen-bond donors (Lipinski definition) is 2. The highest BCUT2D eigenvalue weighted by Gasteiger charge is 2.29. The molecular weight excluding hydrogens is 320 g/mol. The average Bonchev–Trinajstić information content (AvgIpc) is 2.98. The molecule has 1 aromatic heterocycles. The monoisotopic (exact) mass is 334 g/mol. The normalized spacial score (nSPS) is 17.7. The maximum absolute atomic E-state index is 12.3. The fraction of sp³-hybridized carbons (Fsp3) is 0.267. The van der Waals surface area contributed by atoms with Gasteiger partial charge in [0.1, 0.15) is 6.04 Å². The highest BCUT2D eigenvalue weighted by molar-refractivity contribution is 6.30. The zero-order valence-corrected chi connectivity index (χ0v) is 13.1. The second-order valence-corrected chi connectivity index (χ2v) is 5.61. The maximum Gasteiger partial charge on any atom is 0.323 e. The first-order valence-electron chi connectivity index (χ1n) is 7.12. The van der Waals surface area contributed by atoms with Crippen LogP contribution in [0.1, 0.15) is 6.92 Å². The van der Waals surface area contributed by atoms with Crippen LogP contribution in [0.15, 0.2) is 34.9 Å². The number of aromatic nitrogens is 1. The Hall–Kier alpha value is -2.54. The molecule has 2 aromatic rings. The van der Waals surface area contributed by atoms with Crippen LogP contribution in [0.3, 0.4) is 0 Å². The second-order valence-electron chi connectivity index (χ2n) is 5.18. The molecule has 0 saturated carbocycles. The number of anilines is 1. The number of nitrogens with one attached hydrogen (secondary N) is 2. The quantitative estimate of drug-likeness (QED) is 0.882. The summed E-state index contributed by atoms with van der Waals surface area (Å²) in [6.07, 6.45) is 0. The molecule has 1 atom stereocenters. The number of halogens is 1. The smallest absolute Gasteiger partial charge is 0.323 e. The lowest BCUT2D eigenvalue weighted by Crippen LogP contribution is -2.56. The van der Waals surface area contributed by atoms with Crippen molar-refractivity contribution >= 4 is 29.4 Å². The van der Waals surface area contributed by atoms with Crippen LogP contribution in [0.2, 0.25) is 5.02 Å². The van der Waals surface area contributed by atoms with Crippen LogP contribution in [0.25, 0.3) is 11.3 Å². The summed E-state index contributed by atoms with van der Waals surface area (Å²) in [7, 11) is 0. The fourth-order valence-corrected chi connectivity index (χ4v) is 2.54. The number of piperazine rings is 1. The van der Waals surface area contributed by atoms with Crippen LogP contribution < -0.4 is 10.6 Å². The van der Waals surface area contributed by atoms with Gasteiger partial charge in [-0.05, 0) is 19.1 Å². The highest BCUT2D eigenvalue weighted by Crippen LogP contribution is 2.25. The third kappa shape index (κ3) is 3.29. The Bertz CT molecular complexity index is 746. The van der Waals surface area contributed by atoms with Gasteiger partial charge in [-0.2, -0.15) is 0 Å². The van der Waals surface area contributed by atoms with Gasteiger partial charge in [0.25, 0.3) is 0 Å². The molecule has 3 amide bonds. The summed E-state index contributed by atoms with van der Waals surface area (Å²) in [4.78, 5) is 25.3. The predicted octanol–water partition coefficient (Wildman–Crippen LogP) is 2.35. The van der Waals surface area contributed by atoms with Crippen molar-refractivity contribution in [3.8, 4) is 11.3 Å². The van der Waals surface area contributed by atoms with Gasteiger partial charge in [0.15, 0.2) is 11.6 Å². The lowest BCUT2D eigenvalue weighted by atomic mass is 10.2. The number of carbonyl (C=O) groups excluding carboxylic acids is 2. The molecule has 1 saturated heterocycles. The van der Waals surface area contributed by atoms with Crippen LogP contribution in [-0.2, 0) is 4.79 Å². The Balaban J connectivity index is 1.71. The van der Waals surface area contributed by atoms with Crippen molar-refractivity contribution < 1.29 is 14.1 Å². The summed E-state index contributed by atoms with van der Waals surface area (Å²) in [5.74, 6) is 0.599. The molecule has 0 bridgehead atoms. The van der Waals surface area contributed by atoms with E-state index in [0.29, 0.717) is 23.9 Å². The summed E-state index contributed by atoms with van der Waals surface area (Å²) in [5.41, 5.74) is 0.760. The molecular formula is C15H15ClN4O3. The van der Waals surface area contributed by atoms with Crippen LogP contribution in [0.4, 0.5) is 10.6 Å². The number of amides is 3. The summed E-state index contributed by atoms with van der Waals surface area (Å²) in [6.45, 7) is 2.55. The molecule has 3 rings (SSSR count). The number of nitrogens with zero attached hydrogens (tertiary/aromatic N) is 2. The molecule has 8 heteroatoms. The molecule has 0 spiro atoms. The molecule has 0 radical (unpaired) electrons. The van der Waals surface area contributed by atoms with E-state index >= 15 is 0 Å². The van der Waals surface area contributed by atoms with E-state index in [-0.39, 0.29) is 11.7 Å². The molecule has 7 nitrogen and oxygen atoms in total. The van der Waals surface area contributed by atoms with Gasteiger partial charge >= 0.3 is 6.03 Å². The summed E-state index contributed by atoms with van der Waals surface area (Å²) >= 11 is 5.94. The third-order valence-electron chi connectivity index (χ3n) is 3.61. The molecule has 2 N–H and O–H groups in total. The van der Waals surface area contributed by atoms with Gasteiger partial charge in [0.2, 0.25) is 5.91 Å². The molecule has 1 aromatic carbocycles. The lowest BCUT2D eigenvalue weighted by Gasteiger charge is -2.32. The van der Waals surface area contributed by atoms with Crippen molar-refractivity contribution in [2.75, 3.05) is 18.4 Å². The lowest BCUT2D eigenvalue weighted by molar-refractivity contribution is -0.126. The molecule has 23 heavy (non-hydrogen) atoms. The van der Waals surface area contributed by atoms with Gasteiger partial charge in [0, 0.05) is 29.7 Å². The van der Waals surface area contributed by atoms with Crippen molar-refractivity contribution in [3.05, 3.63) is 35.4 Å². The van der Waals surface area contributed by atoms with Crippen LogP contribution in [0, 0.1) is 0 Å². The van der Waals surface area contributed by atoms with Crippen LogP contribution >= 0.6 is 11.6 Å². The van der Waals surface area contributed by atoms with Crippen LogP contribution in [-0.4, -0.2) is 41.1 Å². The van der Waals surface area contributed by atoms with Gasteiger partial charge in [-0.1, -0.05) is 28.9 Å². The Morgan fingerprint density at radius 2 is 2.30 bits per heavy atom. The summed E-state index contributed by atoms with van der Waals surface area (Å²) in [6, 6.07) is 7.82. The fourth-order valence-electron chi connectivity index (χ4n) is 2.35. The topological polar surface area (TPSA) is 87.5 Å². The number of carbonyl (C=O) groups is 2. The zero-order chi connectivity index (χ0) is 16.4. The maximum atomic E-state index is 12.3. The van der Waals surface area contributed by atoms with Crippen molar-refractivity contribution in [3.63, 3.8) is 0 Å². The van der Waals surface area contributed by atoms with Crippen molar-refractivity contribution in [2.45, 2.75) is 13.0 Å². The SMILES string of the molecule is CC1C(=O)NCCN1C(=O)Nc1cc(-c2cccc(Cl)c2)on1. The van der Waals surface area contributed by atoms with Gasteiger partial charge in [-0.3, -0.25) is 10.1 Å². The average molecular weight is 335 g/mol. The van der Waals surface area contributed by atoms with Gasteiger partial charge in [-0.15, -0.1) is 0 Å². The Labute approximate surface area is 137 Å². The molecule has 1 unspecified atom stereocenters. The van der Waals surface area contributed by atoms with Crippen molar-refractivity contribution in [2.24, 2.45) is 0 Å². The Morgan fingerprint density at radius 3 is 3.09 bits per heavy atom. The van der Waals surface area contributed by atoms with E-state index in [1.54, 1.807) is 31.2 Å². The first kappa shape index (κ1) is 15.4. The largest absolute Gasteiger partial charge is 0.354 e. The molecule has 1 aliphatic rings. The molecule has 2 heterocycles. The van der Waals surface area contributed by atoms with E-state index in [4.69, 9.17) is 16.1 Å². The summed E-state index contributed by atoms with van der Waals surface area (Å²) < 4.78 is 5.22. The highest BCUT2D eigenvalue weighted by atomic mass is 35.5. The zero-order valence-electron chi connectivity index (χ0n) is 12.4. The third-order valence-corrected chi connectivity index (χ3v) is 3.85. The van der Waals surface area contributed by atoms with E-state index in [1.807, 2.05) is 6.07 Å². The molecule has 1 fully saturated rings. The van der Waals surface area contributed by atoms with E-state index in [1.165, 1.54) is 4.90 Å². The molecule has 0 aliphatic carbocycles. The van der Waals surface area contributed by atoms with E-state index < -0.39 is 12.1 Å². The van der Waals surface area contributed by atoms with E-state index in [9.17, 15) is 9.59 Å². The molecule has 120 valence electrons. The number of hydrogen-bond acceptors (Lipinski definition) is 4. The van der Waals surface area contributed by atoms with E-state index in [0.717, 1.165) is 5.56 Å². The van der Waals surface area contributed by atoms with Gasteiger partial charge in [-0.25, -0.2) is 4.79 Å². The van der Waals surface area contributed by atoms with Crippen molar-refractivity contribution in [1.82, 2.24) is 15.4 Å². The van der Waals surface area contributed by atoms with Crippen LogP contribution in [0.5, 0.6) is 0 Å². The standard InChI is InChI=1S/C15H15ClN4O3/c1-9-14(21)17-5-6-20(9)15(22)18-13-8-12(23-19-13)10-3-2-4-11(16)7-10/h2-4,7-9H,5-6H2,1H3,(H,17,21)(H,18,19,22). The van der Waals surface area contributed by atoms with Gasteiger partial charge in [0.05, 0.1) is 0 Å².